The molecule has 0 saturated heterocycles. The fraction of sp³-hybridized carbons (Fsp3) is 0.897. The zero-order valence-corrected chi connectivity index (χ0v) is 33.3. The van der Waals surface area contributed by atoms with Crippen LogP contribution >= 0.6 is 7.82 Å². The van der Waals surface area contributed by atoms with E-state index in [0.717, 1.165) is 57.8 Å². The topological polar surface area (TPSA) is 111 Å². The Hall–Kier alpha value is -1.25. The first-order chi connectivity index (χ1) is 23.5. The monoisotopic (exact) mass is 718 g/mol. The van der Waals surface area contributed by atoms with Crippen molar-refractivity contribution in [2.75, 3.05) is 47.5 Å². The van der Waals surface area contributed by atoms with Crippen LogP contribution in [0.25, 0.3) is 0 Å². The van der Waals surface area contributed by atoms with Crippen molar-refractivity contribution in [3.8, 4) is 0 Å². The Labute approximate surface area is 301 Å². The highest BCUT2D eigenvalue weighted by Gasteiger charge is 2.21. The van der Waals surface area contributed by atoms with Crippen molar-refractivity contribution in [3.63, 3.8) is 0 Å². The molecule has 0 aromatic heterocycles. The van der Waals surface area contributed by atoms with E-state index in [0.29, 0.717) is 17.4 Å². The van der Waals surface area contributed by atoms with Crippen LogP contribution in [0.5, 0.6) is 0 Å². The van der Waals surface area contributed by atoms with Gasteiger partial charge in [-0.1, -0.05) is 135 Å². The summed E-state index contributed by atoms with van der Waals surface area (Å²) < 4.78 is 33.8. The Bertz CT molecular complexity index is 860. The number of phosphoric acid groups is 1. The Kier molecular flexibility index (Phi) is 31.8. The molecule has 0 spiro atoms. The van der Waals surface area contributed by atoms with Gasteiger partial charge in [-0.15, -0.1) is 0 Å². The molecule has 2 atom stereocenters. The number of quaternary nitrogens is 1. The van der Waals surface area contributed by atoms with Gasteiger partial charge in [-0.2, -0.15) is 0 Å². The first-order valence-electron chi connectivity index (χ1n) is 19.9. The fourth-order valence-corrected chi connectivity index (χ4v) is 6.08. The molecule has 0 radical (unpaired) electrons. The first-order valence-corrected chi connectivity index (χ1v) is 21.4. The molecular weight excluding hydrogens is 641 g/mol. The number of ether oxygens (including phenoxy) is 2. The highest BCUT2D eigenvalue weighted by Crippen LogP contribution is 2.38. The Balaban J connectivity index is 4.41. The zero-order valence-electron chi connectivity index (χ0n) is 32.4. The quantitative estimate of drug-likeness (QED) is 0.0207. The van der Waals surface area contributed by atoms with Gasteiger partial charge in [0, 0.05) is 12.8 Å². The van der Waals surface area contributed by atoms with Crippen molar-refractivity contribution >= 4 is 19.8 Å². The van der Waals surface area contributed by atoms with Gasteiger partial charge in [0.1, 0.15) is 19.8 Å². The molecule has 10 heteroatoms. The first kappa shape index (κ1) is 47.8. The molecular formula is C39H76NO8P. The number of allylic oxidation sites excluding steroid dienone is 2. The molecule has 0 aliphatic heterocycles. The molecule has 0 fully saturated rings. The predicted molar refractivity (Wildman–Crippen MR) is 199 cm³/mol. The molecule has 0 aromatic rings. The van der Waals surface area contributed by atoms with Crippen LogP contribution in [-0.2, 0) is 32.7 Å². The largest absolute Gasteiger partial charge is 0.756 e. The lowest BCUT2D eigenvalue weighted by Crippen LogP contribution is -2.37. The van der Waals surface area contributed by atoms with Gasteiger partial charge in [0.15, 0.2) is 6.10 Å². The van der Waals surface area contributed by atoms with Gasteiger partial charge in [-0.05, 0) is 38.5 Å². The highest BCUT2D eigenvalue weighted by molar-refractivity contribution is 7.45. The third-order valence-electron chi connectivity index (χ3n) is 8.54. The maximum Gasteiger partial charge on any atom is 0.306 e. The average molecular weight is 718 g/mol. The lowest BCUT2D eigenvalue weighted by Gasteiger charge is -2.28. The highest BCUT2D eigenvalue weighted by atomic mass is 31.2. The summed E-state index contributed by atoms with van der Waals surface area (Å²) in [5.74, 6) is -0.840. The Morgan fingerprint density at radius 2 is 1.04 bits per heavy atom. The molecule has 49 heavy (non-hydrogen) atoms. The number of hydrogen-bond donors (Lipinski definition) is 0. The summed E-state index contributed by atoms with van der Waals surface area (Å²) in [4.78, 5) is 37.3. The molecule has 0 aliphatic carbocycles. The number of nitrogens with zero attached hydrogens (tertiary/aromatic N) is 1. The van der Waals surface area contributed by atoms with Crippen LogP contribution < -0.4 is 4.89 Å². The Morgan fingerprint density at radius 1 is 0.612 bits per heavy atom. The van der Waals surface area contributed by atoms with Crippen molar-refractivity contribution < 1.29 is 42.1 Å². The molecule has 0 rings (SSSR count). The smallest absolute Gasteiger partial charge is 0.306 e. The summed E-state index contributed by atoms with van der Waals surface area (Å²) in [5.41, 5.74) is 0. The second-order valence-electron chi connectivity index (χ2n) is 14.7. The van der Waals surface area contributed by atoms with Gasteiger partial charge >= 0.3 is 11.9 Å². The average Bonchev–Trinajstić information content (AvgIpc) is 3.04. The molecule has 0 bridgehead atoms. The number of carbonyl (C=O) groups excluding carboxylic acids is 2. The van der Waals surface area contributed by atoms with Gasteiger partial charge in [-0.3, -0.25) is 14.2 Å². The van der Waals surface area contributed by atoms with Gasteiger partial charge < -0.3 is 27.9 Å². The summed E-state index contributed by atoms with van der Waals surface area (Å²) in [6.07, 6.45) is 30.9. The number of esters is 2. The SMILES string of the molecule is CCCCC/C=C\CCCCCCCC(=O)OC(COC(=O)CCCCCCCCCCCCCCC)COP(=O)([O-])OCC[N+](C)(C)C. The van der Waals surface area contributed by atoms with E-state index in [1.165, 1.54) is 83.5 Å². The van der Waals surface area contributed by atoms with Gasteiger partial charge in [0.25, 0.3) is 7.82 Å². The second kappa shape index (κ2) is 32.6. The van der Waals surface area contributed by atoms with Crippen LogP contribution in [0.4, 0.5) is 0 Å². The van der Waals surface area contributed by atoms with Crippen molar-refractivity contribution in [2.45, 2.75) is 180 Å². The minimum atomic E-state index is -4.61. The molecule has 0 aliphatic rings. The summed E-state index contributed by atoms with van der Waals surface area (Å²) in [7, 11) is 1.17. The number of likely N-dealkylation sites (N-methyl/N-ethyl adjacent to an activating group) is 1. The van der Waals surface area contributed by atoms with Crippen LogP contribution in [0.2, 0.25) is 0 Å². The van der Waals surface area contributed by atoms with Crippen molar-refractivity contribution in [3.05, 3.63) is 12.2 Å². The van der Waals surface area contributed by atoms with E-state index in [1.54, 1.807) is 0 Å². The van der Waals surface area contributed by atoms with Crippen LogP contribution in [0, 0.1) is 0 Å². The molecule has 0 saturated carbocycles. The number of carbonyl (C=O) groups is 2. The lowest BCUT2D eigenvalue weighted by atomic mass is 10.0. The zero-order chi connectivity index (χ0) is 36.5. The molecule has 0 heterocycles. The number of unbranched alkanes of at least 4 members (excludes halogenated alkanes) is 20. The van der Waals surface area contributed by atoms with Crippen molar-refractivity contribution in [2.24, 2.45) is 0 Å². The van der Waals surface area contributed by atoms with E-state index < -0.39 is 26.5 Å². The van der Waals surface area contributed by atoms with E-state index in [1.807, 2.05) is 21.1 Å². The summed E-state index contributed by atoms with van der Waals surface area (Å²) in [5, 5.41) is 0. The van der Waals surface area contributed by atoms with Crippen molar-refractivity contribution in [1.82, 2.24) is 0 Å². The molecule has 2 unspecified atom stereocenters. The molecule has 9 nitrogen and oxygen atoms in total. The van der Waals surface area contributed by atoms with E-state index in [4.69, 9.17) is 18.5 Å². The van der Waals surface area contributed by atoms with Crippen LogP contribution in [-0.4, -0.2) is 70.0 Å². The number of hydrogen-bond acceptors (Lipinski definition) is 8. The second-order valence-corrected chi connectivity index (χ2v) is 16.1. The maximum atomic E-state index is 12.6. The maximum absolute atomic E-state index is 12.6. The van der Waals surface area contributed by atoms with E-state index >= 15 is 0 Å². The molecule has 0 aromatic carbocycles. The third-order valence-corrected chi connectivity index (χ3v) is 9.50. The van der Waals surface area contributed by atoms with Crippen LogP contribution in [0.1, 0.15) is 174 Å². The standard InChI is InChI=1S/C39H76NO8P/c1-6-8-10-12-14-16-18-20-22-23-25-27-29-31-38(41)45-35-37(36-47-49(43,44)46-34-33-40(3,4)5)48-39(42)32-30-28-26-24-21-19-17-15-13-11-9-7-2/h15,17,37H,6-14,16,18-36H2,1-5H3/b17-15-. The molecule has 0 amide bonds. The van der Waals surface area contributed by atoms with E-state index in [9.17, 15) is 19.0 Å². The summed E-state index contributed by atoms with van der Waals surface area (Å²) in [6.45, 7) is 4.19. The Morgan fingerprint density at radius 3 is 1.55 bits per heavy atom. The van der Waals surface area contributed by atoms with Gasteiger partial charge in [0.05, 0.1) is 27.7 Å². The third kappa shape index (κ3) is 36.3. The summed E-state index contributed by atoms with van der Waals surface area (Å²) in [6, 6.07) is 0. The molecule has 290 valence electrons. The van der Waals surface area contributed by atoms with Gasteiger partial charge in [-0.25, -0.2) is 0 Å². The molecule has 0 N–H and O–H groups in total. The minimum absolute atomic E-state index is 0.0297. The predicted octanol–water partition coefficient (Wildman–Crippen LogP) is 10.00. The number of rotatable bonds is 36. The van der Waals surface area contributed by atoms with Gasteiger partial charge in [0.2, 0.25) is 0 Å². The van der Waals surface area contributed by atoms with E-state index in [2.05, 4.69) is 26.0 Å². The van der Waals surface area contributed by atoms with E-state index in [-0.39, 0.29) is 32.0 Å². The fourth-order valence-electron chi connectivity index (χ4n) is 5.35. The van der Waals surface area contributed by atoms with Crippen LogP contribution in [0.3, 0.4) is 0 Å². The van der Waals surface area contributed by atoms with Crippen LogP contribution in [0.15, 0.2) is 12.2 Å². The normalized spacial score (nSPS) is 13.8. The lowest BCUT2D eigenvalue weighted by molar-refractivity contribution is -0.870. The van der Waals surface area contributed by atoms with Crippen molar-refractivity contribution in [1.29, 1.82) is 0 Å². The number of phosphoric ester groups is 1. The summed E-state index contributed by atoms with van der Waals surface area (Å²) >= 11 is 0. The minimum Gasteiger partial charge on any atom is -0.756 e.